The number of carbonyl (C=O) groups is 1. The van der Waals surface area contributed by atoms with Crippen molar-refractivity contribution < 1.29 is 9.18 Å². The van der Waals surface area contributed by atoms with Gasteiger partial charge >= 0.3 is 0 Å². The second-order valence-electron chi connectivity index (χ2n) is 3.71. The van der Waals surface area contributed by atoms with Crippen LogP contribution in [0.4, 0.5) is 4.39 Å². The fraction of sp³-hybridized carbons (Fsp3) is 0.273. The Labute approximate surface area is 102 Å². The van der Waals surface area contributed by atoms with Gasteiger partial charge in [-0.3, -0.25) is 9.48 Å². The number of aromatic nitrogens is 2. The summed E-state index contributed by atoms with van der Waals surface area (Å²) in [6, 6.07) is 4.39. The average molecular weight is 253 g/mol. The van der Waals surface area contributed by atoms with Crippen LogP contribution in [0.1, 0.15) is 28.3 Å². The molecule has 17 heavy (non-hydrogen) atoms. The first kappa shape index (κ1) is 11.8. The Morgan fingerprint density at radius 2 is 2.29 bits per heavy atom. The Morgan fingerprint density at radius 1 is 1.53 bits per heavy atom. The van der Waals surface area contributed by atoms with Crippen molar-refractivity contribution in [2.45, 2.75) is 13.0 Å². The van der Waals surface area contributed by atoms with Crippen LogP contribution in [-0.2, 0) is 7.05 Å². The van der Waals surface area contributed by atoms with Gasteiger partial charge in [-0.2, -0.15) is 9.49 Å². The number of hydrogen-bond donors (Lipinski definition) is 1. The summed E-state index contributed by atoms with van der Waals surface area (Å²) in [5, 5.41) is 6.60. The second-order valence-corrected chi connectivity index (χ2v) is 4.75. The highest BCUT2D eigenvalue weighted by molar-refractivity contribution is 7.12. The first-order chi connectivity index (χ1) is 8.06. The van der Waals surface area contributed by atoms with E-state index in [2.05, 4.69) is 10.4 Å². The number of thiophene rings is 1. The topological polar surface area (TPSA) is 46.9 Å². The molecule has 0 fully saturated rings. The standard InChI is InChI=1S/C11H12FN3OS/c1-7(8-5-6-15(2)14-8)13-11(16)9-3-4-10(12)17-9/h3-7H,1-2H3,(H,13,16)/t7-/m1/s1. The van der Waals surface area contributed by atoms with Crippen molar-refractivity contribution in [2.24, 2.45) is 7.05 Å². The lowest BCUT2D eigenvalue weighted by Crippen LogP contribution is -2.26. The molecule has 2 heterocycles. The molecule has 0 aromatic carbocycles. The normalized spacial score (nSPS) is 12.4. The molecule has 6 heteroatoms. The summed E-state index contributed by atoms with van der Waals surface area (Å²) >= 11 is 0.834. The maximum atomic E-state index is 12.8. The molecule has 0 unspecified atom stereocenters. The van der Waals surface area contributed by atoms with Crippen molar-refractivity contribution in [1.82, 2.24) is 15.1 Å². The van der Waals surface area contributed by atoms with E-state index in [0.717, 1.165) is 17.0 Å². The highest BCUT2D eigenvalue weighted by Gasteiger charge is 2.14. The number of amides is 1. The molecule has 0 saturated heterocycles. The molecule has 0 spiro atoms. The van der Waals surface area contributed by atoms with Crippen molar-refractivity contribution in [3.8, 4) is 0 Å². The number of hydrogen-bond acceptors (Lipinski definition) is 3. The van der Waals surface area contributed by atoms with Gasteiger partial charge in [-0.15, -0.1) is 11.3 Å². The highest BCUT2D eigenvalue weighted by atomic mass is 32.1. The molecule has 90 valence electrons. The van der Waals surface area contributed by atoms with Crippen LogP contribution in [0.25, 0.3) is 0 Å². The van der Waals surface area contributed by atoms with Gasteiger partial charge in [0, 0.05) is 13.2 Å². The summed E-state index contributed by atoms with van der Waals surface area (Å²) in [6.45, 7) is 1.84. The molecule has 4 nitrogen and oxygen atoms in total. The van der Waals surface area contributed by atoms with E-state index in [9.17, 15) is 9.18 Å². The largest absolute Gasteiger partial charge is 0.343 e. The lowest BCUT2D eigenvalue weighted by Gasteiger charge is -2.10. The molecule has 0 aliphatic rings. The van der Waals surface area contributed by atoms with E-state index < -0.39 is 0 Å². The molecular weight excluding hydrogens is 241 g/mol. The van der Waals surface area contributed by atoms with Crippen molar-refractivity contribution in [3.05, 3.63) is 40.1 Å². The molecule has 2 aromatic heterocycles. The SMILES string of the molecule is C[C@@H](NC(=O)c1ccc(F)s1)c1ccn(C)n1. The fourth-order valence-corrected chi connectivity index (χ4v) is 2.08. The molecule has 2 aromatic rings. The van der Waals surface area contributed by atoms with Crippen LogP contribution in [0.2, 0.25) is 0 Å². The molecule has 0 aliphatic heterocycles. The lowest BCUT2D eigenvalue weighted by molar-refractivity contribution is 0.0943. The minimum Gasteiger partial charge on any atom is -0.343 e. The smallest absolute Gasteiger partial charge is 0.261 e. The van der Waals surface area contributed by atoms with E-state index >= 15 is 0 Å². The van der Waals surface area contributed by atoms with Gasteiger partial charge < -0.3 is 5.32 Å². The van der Waals surface area contributed by atoms with Crippen molar-refractivity contribution >= 4 is 17.2 Å². The van der Waals surface area contributed by atoms with Gasteiger partial charge in [0.15, 0.2) is 5.13 Å². The molecule has 1 atom stereocenters. The van der Waals surface area contributed by atoms with Crippen molar-refractivity contribution in [2.75, 3.05) is 0 Å². The van der Waals surface area contributed by atoms with E-state index in [-0.39, 0.29) is 17.1 Å². The molecule has 1 amide bonds. The third-order valence-electron chi connectivity index (χ3n) is 2.32. The van der Waals surface area contributed by atoms with Crippen LogP contribution in [0.15, 0.2) is 24.4 Å². The van der Waals surface area contributed by atoms with Crippen LogP contribution in [0.3, 0.4) is 0 Å². The Morgan fingerprint density at radius 3 is 2.82 bits per heavy atom. The summed E-state index contributed by atoms with van der Waals surface area (Å²) in [5.41, 5.74) is 0.776. The van der Waals surface area contributed by atoms with E-state index in [1.165, 1.54) is 12.1 Å². The van der Waals surface area contributed by atoms with E-state index in [1.807, 2.05) is 26.2 Å². The van der Waals surface area contributed by atoms with Crippen LogP contribution in [0, 0.1) is 5.13 Å². The molecule has 0 saturated carbocycles. The van der Waals surface area contributed by atoms with E-state index in [4.69, 9.17) is 0 Å². The summed E-state index contributed by atoms with van der Waals surface area (Å²) in [4.78, 5) is 12.1. The predicted octanol–water partition coefficient (Wildman–Crippen LogP) is 2.11. The zero-order valence-corrected chi connectivity index (χ0v) is 10.3. The van der Waals surface area contributed by atoms with Crippen LogP contribution in [-0.4, -0.2) is 15.7 Å². The van der Waals surface area contributed by atoms with Gasteiger partial charge in [-0.1, -0.05) is 0 Å². The summed E-state index contributed by atoms with van der Waals surface area (Å²) in [7, 11) is 1.81. The van der Waals surface area contributed by atoms with Crippen molar-refractivity contribution in [3.63, 3.8) is 0 Å². The quantitative estimate of drug-likeness (QED) is 0.910. The van der Waals surface area contributed by atoms with Crippen molar-refractivity contribution in [1.29, 1.82) is 0 Å². The fourth-order valence-electron chi connectivity index (χ4n) is 1.44. The van der Waals surface area contributed by atoms with Crippen LogP contribution < -0.4 is 5.32 Å². The molecule has 0 aliphatic carbocycles. The molecular formula is C11H12FN3OS. The average Bonchev–Trinajstić information content (AvgIpc) is 2.87. The molecule has 0 bridgehead atoms. The second kappa shape index (κ2) is 4.67. The Hall–Kier alpha value is -1.69. The van der Waals surface area contributed by atoms with Crippen LogP contribution >= 0.6 is 11.3 Å². The minimum atomic E-state index is -0.361. The van der Waals surface area contributed by atoms with Crippen LogP contribution in [0.5, 0.6) is 0 Å². The highest BCUT2D eigenvalue weighted by Crippen LogP contribution is 2.16. The number of aryl methyl sites for hydroxylation is 1. The molecule has 0 radical (unpaired) electrons. The molecule has 2 rings (SSSR count). The number of halogens is 1. The first-order valence-electron chi connectivity index (χ1n) is 5.12. The monoisotopic (exact) mass is 253 g/mol. The number of rotatable bonds is 3. The maximum absolute atomic E-state index is 12.8. The lowest BCUT2D eigenvalue weighted by atomic mass is 10.2. The van der Waals surface area contributed by atoms with Gasteiger partial charge in [0.25, 0.3) is 5.91 Å². The number of nitrogens with one attached hydrogen (secondary N) is 1. The zero-order chi connectivity index (χ0) is 12.4. The number of carbonyl (C=O) groups excluding carboxylic acids is 1. The van der Waals surface area contributed by atoms with E-state index in [0.29, 0.717) is 4.88 Å². The summed E-state index contributed by atoms with van der Waals surface area (Å²) in [5.74, 6) is -0.281. The van der Waals surface area contributed by atoms with Gasteiger partial charge in [0.2, 0.25) is 0 Å². The molecule has 1 N–H and O–H groups in total. The van der Waals surface area contributed by atoms with Gasteiger partial charge in [0.1, 0.15) is 0 Å². The number of nitrogens with zero attached hydrogens (tertiary/aromatic N) is 2. The Balaban J connectivity index is 2.04. The Bertz CT molecular complexity index is 534. The summed E-state index contributed by atoms with van der Waals surface area (Å²) in [6.07, 6.45) is 1.81. The Kier molecular flexibility index (Phi) is 3.23. The third kappa shape index (κ3) is 2.71. The van der Waals surface area contributed by atoms with Gasteiger partial charge in [-0.25, -0.2) is 0 Å². The van der Waals surface area contributed by atoms with Gasteiger partial charge in [-0.05, 0) is 25.1 Å². The predicted molar refractivity (Wildman–Crippen MR) is 63.4 cm³/mol. The first-order valence-corrected chi connectivity index (χ1v) is 5.93. The minimum absolute atomic E-state index is 0.200. The van der Waals surface area contributed by atoms with Gasteiger partial charge in [0.05, 0.1) is 16.6 Å². The zero-order valence-electron chi connectivity index (χ0n) is 9.48. The maximum Gasteiger partial charge on any atom is 0.261 e. The third-order valence-corrected chi connectivity index (χ3v) is 3.19. The van der Waals surface area contributed by atoms with E-state index in [1.54, 1.807) is 4.68 Å². The summed E-state index contributed by atoms with van der Waals surface area (Å²) < 4.78 is 14.4.